The number of halogens is 1. The Morgan fingerprint density at radius 1 is 1.12 bits per heavy atom. The Labute approximate surface area is 146 Å². The van der Waals surface area contributed by atoms with Crippen LogP contribution in [0.5, 0.6) is 11.5 Å². The van der Waals surface area contributed by atoms with Gasteiger partial charge in [-0.15, -0.1) is 0 Å². The van der Waals surface area contributed by atoms with E-state index in [0.717, 1.165) is 5.56 Å². The van der Waals surface area contributed by atoms with Gasteiger partial charge in [0.2, 0.25) is 0 Å². The largest absolute Gasteiger partial charge is 0.497 e. The second-order valence-electron chi connectivity index (χ2n) is 5.18. The Balaban J connectivity index is 2.03. The summed E-state index contributed by atoms with van der Waals surface area (Å²) in [6.07, 6.45) is 0.502. The standard InChI is InChI=1S/C18H20ClNO4/c1-22-13-8-9-14(16(11-13)23-2)18(21)24-17(19)15(20)10-12-6-4-3-5-7-12/h3-9,11,15,17H,10,20H2,1-2H3/t15-,17?/m0/s1. The van der Waals surface area contributed by atoms with Crippen LogP contribution in [0.4, 0.5) is 0 Å². The van der Waals surface area contributed by atoms with Crippen LogP contribution in [0, 0.1) is 0 Å². The van der Waals surface area contributed by atoms with Gasteiger partial charge in [-0.3, -0.25) is 0 Å². The Hall–Kier alpha value is -2.24. The molecule has 128 valence electrons. The normalized spacial score (nSPS) is 13.0. The molecule has 2 N–H and O–H groups in total. The third kappa shape index (κ3) is 4.63. The zero-order chi connectivity index (χ0) is 17.5. The molecule has 0 radical (unpaired) electrons. The molecule has 0 aliphatic carbocycles. The van der Waals surface area contributed by atoms with E-state index < -0.39 is 17.6 Å². The van der Waals surface area contributed by atoms with Gasteiger partial charge in [-0.1, -0.05) is 41.9 Å². The number of ether oxygens (including phenoxy) is 3. The summed E-state index contributed by atoms with van der Waals surface area (Å²) in [5.74, 6) is 0.324. The summed E-state index contributed by atoms with van der Waals surface area (Å²) in [5.41, 5.74) is 6.36. The number of hydrogen-bond donors (Lipinski definition) is 1. The summed E-state index contributed by atoms with van der Waals surface area (Å²) in [6, 6.07) is 13.9. The number of benzene rings is 2. The van der Waals surface area contributed by atoms with E-state index in [4.69, 9.17) is 31.5 Å². The molecule has 5 nitrogen and oxygen atoms in total. The first-order valence-electron chi connectivity index (χ1n) is 7.41. The molecular formula is C18H20ClNO4. The van der Waals surface area contributed by atoms with Crippen LogP contribution in [0.1, 0.15) is 15.9 Å². The highest BCUT2D eigenvalue weighted by molar-refractivity contribution is 6.21. The Bertz CT molecular complexity index is 678. The number of methoxy groups -OCH3 is 2. The number of nitrogens with two attached hydrogens (primary N) is 1. The first-order chi connectivity index (χ1) is 11.5. The highest BCUT2D eigenvalue weighted by atomic mass is 35.5. The van der Waals surface area contributed by atoms with Gasteiger partial charge in [-0.2, -0.15) is 0 Å². The zero-order valence-corrected chi connectivity index (χ0v) is 14.3. The van der Waals surface area contributed by atoms with E-state index in [-0.39, 0.29) is 5.56 Å². The van der Waals surface area contributed by atoms with Crippen molar-refractivity contribution in [2.75, 3.05) is 14.2 Å². The molecule has 0 aliphatic rings. The maximum absolute atomic E-state index is 12.3. The number of hydrogen-bond acceptors (Lipinski definition) is 5. The average molecular weight is 350 g/mol. The molecule has 2 atom stereocenters. The number of carbonyl (C=O) groups excluding carboxylic acids is 1. The fourth-order valence-electron chi connectivity index (χ4n) is 2.20. The van der Waals surface area contributed by atoms with Crippen LogP contribution in [-0.4, -0.2) is 31.8 Å². The van der Waals surface area contributed by atoms with Gasteiger partial charge in [-0.05, 0) is 24.1 Å². The van der Waals surface area contributed by atoms with E-state index in [9.17, 15) is 4.79 Å². The van der Waals surface area contributed by atoms with Crippen molar-refractivity contribution in [2.45, 2.75) is 18.0 Å². The smallest absolute Gasteiger partial charge is 0.343 e. The molecule has 1 unspecified atom stereocenters. The number of rotatable bonds is 7. The van der Waals surface area contributed by atoms with Crippen molar-refractivity contribution < 1.29 is 19.0 Å². The van der Waals surface area contributed by atoms with Crippen molar-refractivity contribution >= 4 is 17.6 Å². The summed E-state index contributed by atoms with van der Waals surface area (Å²) >= 11 is 6.15. The van der Waals surface area contributed by atoms with Crippen LogP contribution in [-0.2, 0) is 11.2 Å². The molecule has 0 aromatic heterocycles. The SMILES string of the molecule is COc1ccc(C(=O)OC(Cl)[C@@H](N)Cc2ccccc2)c(OC)c1. The molecule has 0 saturated heterocycles. The molecule has 0 saturated carbocycles. The fourth-order valence-corrected chi connectivity index (χ4v) is 2.37. The number of alkyl halides is 1. The highest BCUT2D eigenvalue weighted by Gasteiger charge is 2.23. The maximum atomic E-state index is 12.3. The van der Waals surface area contributed by atoms with Crippen LogP contribution in [0.15, 0.2) is 48.5 Å². The Morgan fingerprint density at radius 3 is 2.46 bits per heavy atom. The molecule has 0 aliphatic heterocycles. The monoisotopic (exact) mass is 349 g/mol. The van der Waals surface area contributed by atoms with E-state index in [1.807, 2.05) is 30.3 Å². The lowest BCUT2D eigenvalue weighted by molar-refractivity contribution is 0.0407. The summed E-state index contributed by atoms with van der Waals surface area (Å²) in [4.78, 5) is 12.3. The van der Waals surface area contributed by atoms with Gasteiger partial charge in [0, 0.05) is 6.07 Å². The first kappa shape index (κ1) is 18.1. The van der Waals surface area contributed by atoms with Crippen molar-refractivity contribution in [3.8, 4) is 11.5 Å². The average Bonchev–Trinajstić information content (AvgIpc) is 2.61. The van der Waals surface area contributed by atoms with Gasteiger partial charge in [0.1, 0.15) is 17.1 Å². The summed E-state index contributed by atoms with van der Waals surface area (Å²) in [7, 11) is 3.00. The second-order valence-corrected chi connectivity index (χ2v) is 5.61. The molecule has 2 aromatic carbocycles. The molecule has 6 heteroatoms. The highest BCUT2D eigenvalue weighted by Crippen LogP contribution is 2.26. The molecule has 0 heterocycles. The third-order valence-electron chi connectivity index (χ3n) is 3.50. The van der Waals surface area contributed by atoms with Gasteiger partial charge in [0.15, 0.2) is 5.56 Å². The third-order valence-corrected chi connectivity index (χ3v) is 3.91. The summed E-state index contributed by atoms with van der Waals surface area (Å²) in [6.45, 7) is 0. The van der Waals surface area contributed by atoms with E-state index in [1.54, 1.807) is 18.2 Å². The lowest BCUT2D eigenvalue weighted by atomic mass is 10.1. The van der Waals surface area contributed by atoms with Crippen molar-refractivity contribution in [1.82, 2.24) is 0 Å². The van der Waals surface area contributed by atoms with Crippen molar-refractivity contribution in [2.24, 2.45) is 5.73 Å². The maximum Gasteiger partial charge on any atom is 0.343 e. The molecular weight excluding hydrogens is 330 g/mol. The number of carbonyl (C=O) groups is 1. The predicted molar refractivity (Wildman–Crippen MR) is 92.7 cm³/mol. The fraction of sp³-hybridized carbons (Fsp3) is 0.278. The van der Waals surface area contributed by atoms with Gasteiger partial charge in [-0.25, -0.2) is 4.79 Å². The lowest BCUT2D eigenvalue weighted by Gasteiger charge is -2.19. The van der Waals surface area contributed by atoms with Crippen LogP contribution in [0.25, 0.3) is 0 Å². The summed E-state index contributed by atoms with van der Waals surface area (Å²) < 4.78 is 15.6. The lowest BCUT2D eigenvalue weighted by Crippen LogP contribution is -2.36. The zero-order valence-electron chi connectivity index (χ0n) is 13.6. The van der Waals surface area contributed by atoms with Crippen molar-refractivity contribution in [3.63, 3.8) is 0 Å². The van der Waals surface area contributed by atoms with Gasteiger partial charge in [0.25, 0.3) is 0 Å². The minimum Gasteiger partial charge on any atom is -0.497 e. The van der Waals surface area contributed by atoms with E-state index in [2.05, 4.69) is 0 Å². The van der Waals surface area contributed by atoms with Crippen molar-refractivity contribution in [3.05, 3.63) is 59.7 Å². The predicted octanol–water partition coefficient (Wildman–Crippen LogP) is 3.00. The molecule has 0 bridgehead atoms. The molecule has 2 rings (SSSR count). The van der Waals surface area contributed by atoms with Gasteiger partial charge < -0.3 is 19.9 Å². The quantitative estimate of drug-likeness (QED) is 0.614. The molecule has 2 aromatic rings. The molecule has 0 fully saturated rings. The van der Waals surface area contributed by atoms with Crippen LogP contribution >= 0.6 is 11.6 Å². The van der Waals surface area contributed by atoms with Crippen LogP contribution in [0.2, 0.25) is 0 Å². The van der Waals surface area contributed by atoms with E-state index in [1.165, 1.54) is 14.2 Å². The minimum absolute atomic E-state index is 0.260. The molecule has 24 heavy (non-hydrogen) atoms. The minimum atomic E-state index is -0.954. The Kier molecular flexibility index (Phi) is 6.46. The summed E-state index contributed by atoms with van der Waals surface area (Å²) in [5, 5.41) is 0. The topological polar surface area (TPSA) is 70.8 Å². The van der Waals surface area contributed by atoms with E-state index >= 15 is 0 Å². The molecule has 0 spiro atoms. The first-order valence-corrected chi connectivity index (χ1v) is 7.85. The van der Waals surface area contributed by atoms with Gasteiger partial charge in [0.05, 0.1) is 20.3 Å². The number of esters is 1. The molecule has 0 amide bonds. The second kappa shape index (κ2) is 8.57. The van der Waals surface area contributed by atoms with Crippen LogP contribution < -0.4 is 15.2 Å². The van der Waals surface area contributed by atoms with E-state index in [0.29, 0.717) is 17.9 Å². The van der Waals surface area contributed by atoms with Gasteiger partial charge >= 0.3 is 5.97 Å². The van der Waals surface area contributed by atoms with Crippen molar-refractivity contribution in [1.29, 1.82) is 0 Å². The Morgan fingerprint density at radius 2 is 1.83 bits per heavy atom. The van der Waals surface area contributed by atoms with Crippen LogP contribution in [0.3, 0.4) is 0 Å².